The number of fused-ring (bicyclic) bond motifs is 1. The first-order valence-corrected chi connectivity index (χ1v) is 9.46. The van der Waals surface area contributed by atoms with E-state index in [0.717, 1.165) is 27.4 Å². The van der Waals surface area contributed by atoms with E-state index in [0.29, 0.717) is 0 Å². The monoisotopic (exact) mass is 370 g/mol. The summed E-state index contributed by atoms with van der Waals surface area (Å²) in [5.41, 5.74) is 5.37. The number of aromatic nitrogens is 2. The van der Waals surface area contributed by atoms with Gasteiger partial charge >= 0.3 is 0 Å². The van der Waals surface area contributed by atoms with Crippen molar-refractivity contribution in [3.05, 3.63) is 84.2 Å². The van der Waals surface area contributed by atoms with Crippen LogP contribution in [-0.4, -0.2) is 16.2 Å². The second-order valence-corrected chi connectivity index (χ2v) is 7.01. The average Bonchev–Trinajstić information content (AvgIpc) is 3.13. The number of benzene rings is 2. The lowest BCUT2D eigenvalue weighted by Gasteiger charge is -2.01. The van der Waals surface area contributed by atoms with Gasteiger partial charge in [-0.1, -0.05) is 66.7 Å². The number of hydrogen-bond donors (Lipinski definition) is 1. The standard InChI is InChI=1S/C22H18N4S/c1-16-24-21(26-23-14-8-11-17-9-4-2-5-10-17)19-15-20(27-22(19)25-16)18-12-6-3-7-13-18/h2-15H,1H3,(H,24,25,26)/b11-8+,23-14-. The molecule has 2 aromatic carbocycles. The lowest BCUT2D eigenvalue weighted by Crippen LogP contribution is -1.96. The summed E-state index contributed by atoms with van der Waals surface area (Å²) in [7, 11) is 0. The van der Waals surface area contributed by atoms with Crippen molar-refractivity contribution in [2.45, 2.75) is 6.92 Å². The largest absolute Gasteiger partial charge is 0.261 e. The number of anilines is 1. The molecule has 0 saturated heterocycles. The molecule has 0 atom stereocenters. The van der Waals surface area contributed by atoms with Gasteiger partial charge in [-0.2, -0.15) is 5.10 Å². The fourth-order valence-corrected chi connectivity index (χ4v) is 3.80. The number of hydrazone groups is 1. The summed E-state index contributed by atoms with van der Waals surface area (Å²) in [6.45, 7) is 1.89. The Morgan fingerprint density at radius 3 is 2.48 bits per heavy atom. The summed E-state index contributed by atoms with van der Waals surface area (Å²) in [5, 5.41) is 5.26. The smallest absolute Gasteiger partial charge is 0.158 e. The van der Waals surface area contributed by atoms with Crippen LogP contribution in [0.25, 0.3) is 26.7 Å². The molecular formula is C22H18N4S. The van der Waals surface area contributed by atoms with E-state index in [9.17, 15) is 0 Å². The molecule has 4 nitrogen and oxygen atoms in total. The zero-order valence-corrected chi connectivity index (χ0v) is 15.6. The number of thiophene rings is 1. The topological polar surface area (TPSA) is 50.2 Å². The van der Waals surface area contributed by atoms with Gasteiger partial charge in [0, 0.05) is 11.1 Å². The number of nitrogens with one attached hydrogen (secondary N) is 1. The van der Waals surface area contributed by atoms with Crippen LogP contribution in [0.3, 0.4) is 0 Å². The second kappa shape index (κ2) is 7.93. The predicted octanol–water partition coefficient (Wildman–Crippen LogP) is 5.78. The maximum absolute atomic E-state index is 4.57. The SMILES string of the molecule is Cc1nc(N/N=C\C=C\c2ccccc2)c2cc(-c3ccccc3)sc2n1. The summed E-state index contributed by atoms with van der Waals surface area (Å²) in [6, 6.07) is 22.5. The van der Waals surface area contributed by atoms with Crippen molar-refractivity contribution in [2.75, 3.05) is 5.43 Å². The average molecular weight is 370 g/mol. The van der Waals surface area contributed by atoms with Crippen molar-refractivity contribution < 1.29 is 0 Å². The molecule has 27 heavy (non-hydrogen) atoms. The summed E-state index contributed by atoms with van der Waals surface area (Å²) in [4.78, 5) is 11.2. The first-order valence-electron chi connectivity index (χ1n) is 8.64. The van der Waals surface area contributed by atoms with Gasteiger partial charge in [0.15, 0.2) is 5.82 Å². The minimum Gasteiger partial charge on any atom is -0.261 e. The molecule has 0 fully saturated rings. The third-order valence-corrected chi connectivity index (χ3v) is 5.06. The molecule has 0 aliphatic heterocycles. The molecule has 0 saturated carbocycles. The summed E-state index contributed by atoms with van der Waals surface area (Å²) in [6.07, 6.45) is 5.63. The van der Waals surface area contributed by atoms with Gasteiger partial charge in [-0.3, -0.25) is 5.43 Å². The van der Waals surface area contributed by atoms with E-state index in [1.165, 1.54) is 10.4 Å². The molecule has 0 amide bonds. The van der Waals surface area contributed by atoms with Crippen molar-refractivity contribution >= 4 is 39.7 Å². The van der Waals surface area contributed by atoms with E-state index >= 15 is 0 Å². The molecule has 0 bridgehead atoms. The Bertz CT molecular complexity index is 1100. The van der Waals surface area contributed by atoms with Gasteiger partial charge in [0.05, 0.1) is 5.39 Å². The van der Waals surface area contributed by atoms with E-state index in [4.69, 9.17) is 0 Å². The quantitative estimate of drug-likeness (QED) is 0.358. The zero-order valence-electron chi connectivity index (χ0n) is 14.8. The Kier molecular flexibility index (Phi) is 5.03. The second-order valence-electron chi connectivity index (χ2n) is 5.97. The Balaban J connectivity index is 1.57. The molecule has 132 valence electrons. The van der Waals surface area contributed by atoms with Crippen LogP contribution in [-0.2, 0) is 0 Å². The van der Waals surface area contributed by atoms with Gasteiger partial charge in [-0.15, -0.1) is 11.3 Å². The Labute approximate surface area is 161 Å². The third-order valence-electron chi connectivity index (χ3n) is 3.98. The Morgan fingerprint density at radius 1 is 0.963 bits per heavy atom. The molecule has 0 aliphatic rings. The van der Waals surface area contributed by atoms with Gasteiger partial charge in [-0.25, -0.2) is 9.97 Å². The minimum atomic E-state index is 0.722. The molecule has 1 N–H and O–H groups in total. The molecule has 0 spiro atoms. The highest BCUT2D eigenvalue weighted by atomic mass is 32.1. The van der Waals surface area contributed by atoms with Gasteiger partial charge in [0.25, 0.3) is 0 Å². The van der Waals surface area contributed by atoms with E-state index in [1.807, 2.05) is 67.6 Å². The number of rotatable bonds is 5. The van der Waals surface area contributed by atoms with Gasteiger partial charge in [0.1, 0.15) is 10.7 Å². The van der Waals surface area contributed by atoms with Crippen LogP contribution >= 0.6 is 11.3 Å². The van der Waals surface area contributed by atoms with Crippen LogP contribution in [0.1, 0.15) is 11.4 Å². The zero-order chi connectivity index (χ0) is 18.5. The van der Waals surface area contributed by atoms with E-state index in [1.54, 1.807) is 17.6 Å². The molecule has 5 heteroatoms. The molecule has 4 aromatic rings. The number of aryl methyl sites for hydroxylation is 1. The van der Waals surface area contributed by atoms with Crippen molar-refractivity contribution in [1.29, 1.82) is 0 Å². The van der Waals surface area contributed by atoms with E-state index in [2.05, 4.69) is 38.7 Å². The third kappa shape index (κ3) is 4.10. The first-order chi connectivity index (χ1) is 13.3. The molecule has 0 unspecified atom stereocenters. The summed E-state index contributed by atoms with van der Waals surface area (Å²) in [5.74, 6) is 1.45. The van der Waals surface area contributed by atoms with Gasteiger partial charge < -0.3 is 0 Å². The predicted molar refractivity (Wildman–Crippen MR) is 115 cm³/mol. The number of allylic oxidation sites excluding steroid dienone is 1. The maximum atomic E-state index is 4.57. The Hall–Kier alpha value is -3.31. The molecule has 0 radical (unpaired) electrons. The molecular weight excluding hydrogens is 352 g/mol. The fraction of sp³-hybridized carbons (Fsp3) is 0.0455. The highest BCUT2D eigenvalue weighted by Crippen LogP contribution is 2.35. The lowest BCUT2D eigenvalue weighted by atomic mass is 10.2. The molecule has 2 aromatic heterocycles. The van der Waals surface area contributed by atoms with Crippen molar-refractivity contribution in [3.8, 4) is 10.4 Å². The Morgan fingerprint density at radius 2 is 1.70 bits per heavy atom. The van der Waals surface area contributed by atoms with Gasteiger partial charge in [-0.05, 0) is 30.2 Å². The highest BCUT2D eigenvalue weighted by Gasteiger charge is 2.11. The van der Waals surface area contributed by atoms with Crippen molar-refractivity contribution in [3.63, 3.8) is 0 Å². The van der Waals surface area contributed by atoms with Crippen LogP contribution in [0.5, 0.6) is 0 Å². The van der Waals surface area contributed by atoms with Crippen molar-refractivity contribution in [1.82, 2.24) is 9.97 Å². The summed E-state index contributed by atoms with van der Waals surface area (Å²) >= 11 is 1.66. The molecule has 4 rings (SSSR count). The van der Waals surface area contributed by atoms with E-state index in [-0.39, 0.29) is 0 Å². The minimum absolute atomic E-state index is 0.722. The summed E-state index contributed by atoms with van der Waals surface area (Å²) < 4.78 is 0. The van der Waals surface area contributed by atoms with Crippen LogP contribution in [0, 0.1) is 6.92 Å². The molecule has 0 aliphatic carbocycles. The van der Waals surface area contributed by atoms with E-state index < -0.39 is 0 Å². The maximum Gasteiger partial charge on any atom is 0.158 e. The molecule has 2 heterocycles. The van der Waals surface area contributed by atoms with Gasteiger partial charge in [0.2, 0.25) is 0 Å². The number of nitrogens with zero attached hydrogens (tertiary/aromatic N) is 3. The highest BCUT2D eigenvalue weighted by molar-refractivity contribution is 7.21. The lowest BCUT2D eigenvalue weighted by molar-refractivity contribution is 1.09. The fourth-order valence-electron chi connectivity index (χ4n) is 2.72. The number of hydrogen-bond acceptors (Lipinski definition) is 5. The normalized spacial score (nSPS) is 11.6. The van der Waals surface area contributed by atoms with Crippen LogP contribution in [0.15, 0.2) is 77.9 Å². The van der Waals surface area contributed by atoms with Crippen LogP contribution in [0.2, 0.25) is 0 Å². The van der Waals surface area contributed by atoms with Crippen LogP contribution in [0.4, 0.5) is 5.82 Å². The van der Waals surface area contributed by atoms with Crippen molar-refractivity contribution in [2.24, 2.45) is 5.10 Å². The van der Waals surface area contributed by atoms with Crippen LogP contribution < -0.4 is 5.43 Å². The first kappa shape index (κ1) is 17.1.